The van der Waals surface area contributed by atoms with Crippen molar-refractivity contribution < 1.29 is 9.53 Å². The van der Waals surface area contributed by atoms with Gasteiger partial charge in [-0.3, -0.25) is 9.69 Å². The Morgan fingerprint density at radius 2 is 2.20 bits per heavy atom. The summed E-state index contributed by atoms with van der Waals surface area (Å²) in [4.78, 5) is 14.1. The Labute approximate surface area is 123 Å². The number of amides is 1. The zero-order valence-electron chi connectivity index (χ0n) is 13.3. The van der Waals surface area contributed by atoms with Gasteiger partial charge in [0, 0.05) is 39.4 Å². The van der Waals surface area contributed by atoms with Crippen LogP contribution < -0.4 is 10.6 Å². The summed E-state index contributed by atoms with van der Waals surface area (Å²) in [6.45, 7) is 9.51. The van der Waals surface area contributed by atoms with E-state index in [0.29, 0.717) is 31.7 Å². The van der Waals surface area contributed by atoms with Gasteiger partial charge >= 0.3 is 0 Å². The molecule has 2 N–H and O–H groups in total. The van der Waals surface area contributed by atoms with Gasteiger partial charge < -0.3 is 15.4 Å². The number of nitrogens with zero attached hydrogens (tertiary/aromatic N) is 1. The van der Waals surface area contributed by atoms with Crippen molar-refractivity contribution in [1.29, 1.82) is 0 Å². The third kappa shape index (κ3) is 6.68. The lowest BCUT2D eigenvalue weighted by molar-refractivity contribution is -0.122. The Balaban J connectivity index is 2.18. The lowest BCUT2D eigenvalue weighted by Gasteiger charge is -2.37. The fourth-order valence-electron chi connectivity index (χ4n) is 2.71. The number of methoxy groups -OCH3 is 1. The first-order valence-electron chi connectivity index (χ1n) is 7.88. The van der Waals surface area contributed by atoms with Crippen LogP contribution in [-0.4, -0.2) is 63.3 Å². The number of hydrogen-bond donors (Lipinski definition) is 2. The monoisotopic (exact) mass is 285 g/mol. The summed E-state index contributed by atoms with van der Waals surface area (Å²) >= 11 is 0. The molecule has 0 aromatic rings. The van der Waals surface area contributed by atoms with Crippen LogP contribution in [0.4, 0.5) is 0 Å². The van der Waals surface area contributed by atoms with Gasteiger partial charge in [-0.15, -0.1) is 0 Å². The van der Waals surface area contributed by atoms with Crippen molar-refractivity contribution >= 4 is 5.91 Å². The predicted molar refractivity (Wildman–Crippen MR) is 81.8 cm³/mol. The molecule has 5 heteroatoms. The molecule has 0 aliphatic carbocycles. The average Bonchev–Trinajstić information content (AvgIpc) is 2.43. The van der Waals surface area contributed by atoms with Crippen molar-refractivity contribution in [2.45, 2.75) is 39.2 Å². The van der Waals surface area contributed by atoms with Crippen LogP contribution in [0, 0.1) is 5.92 Å². The van der Waals surface area contributed by atoms with Gasteiger partial charge in [0.2, 0.25) is 5.91 Å². The molecule has 1 fully saturated rings. The van der Waals surface area contributed by atoms with Crippen LogP contribution in [0.2, 0.25) is 0 Å². The second kappa shape index (κ2) is 10.1. The lowest BCUT2D eigenvalue weighted by Crippen LogP contribution is -2.50. The minimum atomic E-state index is 0.133. The van der Waals surface area contributed by atoms with Gasteiger partial charge in [-0.2, -0.15) is 0 Å². The number of ether oxygens (including phenoxy) is 1. The molecular weight excluding hydrogens is 254 g/mol. The molecule has 1 rings (SSSR count). The van der Waals surface area contributed by atoms with Crippen molar-refractivity contribution in [2.24, 2.45) is 5.92 Å². The molecule has 1 aliphatic rings. The molecule has 1 amide bonds. The van der Waals surface area contributed by atoms with E-state index in [1.165, 1.54) is 6.42 Å². The SMILES string of the molecule is CCCNC1CCN(CC(=O)NCCCOC)CC1C. The van der Waals surface area contributed by atoms with Gasteiger partial charge in [0.25, 0.3) is 0 Å². The first kappa shape index (κ1) is 17.4. The molecule has 0 aromatic carbocycles. The lowest BCUT2D eigenvalue weighted by atomic mass is 9.93. The van der Waals surface area contributed by atoms with E-state index in [9.17, 15) is 4.79 Å². The summed E-state index contributed by atoms with van der Waals surface area (Å²) in [6, 6.07) is 0.607. The Morgan fingerprint density at radius 3 is 2.85 bits per heavy atom. The van der Waals surface area contributed by atoms with E-state index in [1.54, 1.807) is 7.11 Å². The maximum absolute atomic E-state index is 11.8. The summed E-state index contributed by atoms with van der Waals surface area (Å²) < 4.78 is 4.96. The van der Waals surface area contributed by atoms with Gasteiger partial charge in [0.15, 0.2) is 0 Å². The smallest absolute Gasteiger partial charge is 0.234 e. The Bertz CT molecular complexity index is 274. The quantitative estimate of drug-likeness (QED) is 0.617. The van der Waals surface area contributed by atoms with Gasteiger partial charge in [-0.25, -0.2) is 0 Å². The number of piperidine rings is 1. The van der Waals surface area contributed by atoms with Crippen LogP contribution in [0.5, 0.6) is 0 Å². The maximum Gasteiger partial charge on any atom is 0.234 e. The molecule has 0 bridgehead atoms. The highest BCUT2D eigenvalue weighted by molar-refractivity contribution is 5.77. The van der Waals surface area contributed by atoms with E-state index < -0.39 is 0 Å². The number of rotatable bonds is 9. The van der Waals surface area contributed by atoms with Crippen LogP contribution in [0.1, 0.15) is 33.1 Å². The standard InChI is InChI=1S/C15H31N3O2/c1-4-7-16-14-6-9-18(11-13(14)2)12-15(19)17-8-5-10-20-3/h13-14,16H,4-12H2,1-3H3,(H,17,19). The first-order valence-corrected chi connectivity index (χ1v) is 7.88. The topological polar surface area (TPSA) is 53.6 Å². The first-order chi connectivity index (χ1) is 9.67. The number of nitrogens with one attached hydrogen (secondary N) is 2. The fourth-order valence-corrected chi connectivity index (χ4v) is 2.71. The van der Waals surface area contributed by atoms with E-state index in [-0.39, 0.29) is 5.91 Å². The fraction of sp³-hybridized carbons (Fsp3) is 0.933. The largest absolute Gasteiger partial charge is 0.385 e. The van der Waals surface area contributed by atoms with Crippen molar-refractivity contribution in [1.82, 2.24) is 15.5 Å². The molecule has 0 aromatic heterocycles. The zero-order chi connectivity index (χ0) is 14.8. The highest BCUT2D eigenvalue weighted by Crippen LogP contribution is 2.16. The summed E-state index contributed by atoms with van der Waals surface area (Å²) in [5.74, 6) is 0.741. The number of carbonyl (C=O) groups is 1. The second-order valence-corrected chi connectivity index (χ2v) is 5.76. The summed E-state index contributed by atoms with van der Waals surface area (Å²) in [7, 11) is 1.68. The minimum absolute atomic E-state index is 0.133. The molecule has 1 aliphatic heterocycles. The normalized spacial score (nSPS) is 23.8. The average molecular weight is 285 g/mol. The highest BCUT2D eigenvalue weighted by atomic mass is 16.5. The van der Waals surface area contributed by atoms with Gasteiger partial charge in [-0.05, 0) is 31.7 Å². The van der Waals surface area contributed by atoms with Gasteiger partial charge in [0.1, 0.15) is 0 Å². The maximum atomic E-state index is 11.8. The summed E-state index contributed by atoms with van der Waals surface area (Å²) in [5.41, 5.74) is 0. The molecular formula is C15H31N3O2. The van der Waals surface area contributed by atoms with E-state index in [1.807, 2.05) is 0 Å². The number of likely N-dealkylation sites (tertiary alicyclic amines) is 1. The molecule has 1 heterocycles. The summed E-state index contributed by atoms with van der Waals surface area (Å²) in [5, 5.41) is 6.55. The highest BCUT2D eigenvalue weighted by Gasteiger charge is 2.26. The Hall–Kier alpha value is -0.650. The van der Waals surface area contributed by atoms with Crippen molar-refractivity contribution in [3.63, 3.8) is 0 Å². The van der Waals surface area contributed by atoms with E-state index in [4.69, 9.17) is 4.74 Å². The van der Waals surface area contributed by atoms with Gasteiger partial charge in [-0.1, -0.05) is 13.8 Å². The van der Waals surface area contributed by atoms with Crippen LogP contribution in [0.3, 0.4) is 0 Å². The van der Waals surface area contributed by atoms with E-state index >= 15 is 0 Å². The van der Waals surface area contributed by atoms with E-state index in [0.717, 1.165) is 32.5 Å². The van der Waals surface area contributed by atoms with E-state index in [2.05, 4.69) is 29.4 Å². The van der Waals surface area contributed by atoms with Crippen molar-refractivity contribution in [2.75, 3.05) is 46.4 Å². The molecule has 20 heavy (non-hydrogen) atoms. The molecule has 2 unspecified atom stereocenters. The Morgan fingerprint density at radius 1 is 1.40 bits per heavy atom. The number of hydrogen-bond acceptors (Lipinski definition) is 4. The molecule has 0 radical (unpaired) electrons. The van der Waals surface area contributed by atoms with Crippen molar-refractivity contribution in [3.05, 3.63) is 0 Å². The molecule has 1 saturated heterocycles. The van der Waals surface area contributed by atoms with Crippen LogP contribution in [-0.2, 0) is 9.53 Å². The summed E-state index contributed by atoms with van der Waals surface area (Å²) in [6.07, 6.45) is 3.19. The molecule has 118 valence electrons. The third-order valence-electron chi connectivity index (χ3n) is 3.86. The zero-order valence-corrected chi connectivity index (χ0v) is 13.3. The third-order valence-corrected chi connectivity index (χ3v) is 3.86. The molecule has 0 saturated carbocycles. The van der Waals surface area contributed by atoms with Crippen LogP contribution >= 0.6 is 0 Å². The minimum Gasteiger partial charge on any atom is -0.385 e. The molecule has 2 atom stereocenters. The van der Waals surface area contributed by atoms with Crippen molar-refractivity contribution in [3.8, 4) is 0 Å². The van der Waals surface area contributed by atoms with Gasteiger partial charge in [0.05, 0.1) is 6.54 Å². The van der Waals surface area contributed by atoms with Crippen LogP contribution in [0.25, 0.3) is 0 Å². The second-order valence-electron chi connectivity index (χ2n) is 5.76. The number of carbonyl (C=O) groups excluding carboxylic acids is 1. The van der Waals surface area contributed by atoms with Crippen LogP contribution in [0.15, 0.2) is 0 Å². The molecule has 5 nitrogen and oxygen atoms in total. The predicted octanol–water partition coefficient (Wildman–Crippen LogP) is 0.849. The molecule has 0 spiro atoms. The Kier molecular flexibility index (Phi) is 8.82.